The van der Waals surface area contributed by atoms with Crippen LogP contribution in [0.1, 0.15) is 34.1 Å². The van der Waals surface area contributed by atoms with E-state index in [9.17, 15) is 5.11 Å². The van der Waals surface area contributed by atoms with E-state index in [0.717, 1.165) is 13.0 Å². The minimum atomic E-state index is -0.107. The van der Waals surface area contributed by atoms with E-state index >= 15 is 0 Å². The fourth-order valence-electron chi connectivity index (χ4n) is 1.94. The summed E-state index contributed by atoms with van der Waals surface area (Å²) in [6.45, 7) is 9.61. The maximum absolute atomic E-state index is 9.39. The molecule has 0 unspecified atom stereocenters. The van der Waals surface area contributed by atoms with Crippen LogP contribution in [0.15, 0.2) is 0 Å². The smallest absolute Gasteiger partial charge is 0.0682 e. The van der Waals surface area contributed by atoms with Crippen molar-refractivity contribution in [3.63, 3.8) is 0 Å². The number of hydrogen-bond donors (Lipinski definition) is 1. The lowest BCUT2D eigenvalue weighted by Crippen LogP contribution is -2.43. The molecule has 0 amide bonds. The first kappa shape index (κ1) is 9.01. The number of aliphatic hydroxyl groups excluding tert-OH is 1. The lowest BCUT2D eigenvalue weighted by molar-refractivity contribution is 0.109. The molecular formula is C9H19NO. The maximum atomic E-state index is 9.39. The number of hydrogen-bond acceptors (Lipinski definition) is 2. The highest BCUT2D eigenvalue weighted by Crippen LogP contribution is 2.25. The van der Waals surface area contributed by atoms with Gasteiger partial charge in [-0.15, -0.1) is 0 Å². The molecule has 2 heteroatoms. The van der Waals surface area contributed by atoms with Gasteiger partial charge in [0.15, 0.2) is 0 Å². The molecule has 1 aliphatic heterocycles. The summed E-state index contributed by atoms with van der Waals surface area (Å²) in [7, 11) is 0. The Bertz CT molecular complexity index is 139. The van der Waals surface area contributed by atoms with Crippen LogP contribution in [0.5, 0.6) is 0 Å². The molecule has 0 radical (unpaired) electrons. The second kappa shape index (κ2) is 2.76. The molecule has 0 aromatic rings. The number of β-amino-alcohol motifs (C(OH)–C–C–N with tert-alkyl or cyclic N) is 1. The molecule has 0 saturated carbocycles. The molecule has 0 spiro atoms. The second-order valence-corrected chi connectivity index (χ2v) is 4.56. The molecule has 1 rings (SSSR count). The van der Waals surface area contributed by atoms with Gasteiger partial charge in [-0.05, 0) is 34.1 Å². The van der Waals surface area contributed by atoms with Crippen molar-refractivity contribution in [2.45, 2.75) is 51.8 Å². The summed E-state index contributed by atoms with van der Waals surface area (Å²) in [5.74, 6) is 0. The van der Waals surface area contributed by atoms with Crippen molar-refractivity contribution < 1.29 is 5.11 Å². The monoisotopic (exact) mass is 157 g/mol. The van der Waals surface area contributed by atoms with Crippen LogP contribution in [0, 0.1) is 0 Å². The summed E-state index contributed by atoms with van der Waals surface area (Å²) in [6.07, 6.45) is 0.821. The Kier molecular flexibility index (Phi) is 2.26. The van der Waals surface area contributed by atoms with Gasteiger partial charge in [-0.1, -0.05) is 0 Å². The second-order valence-electron chi connectivity index (χ2n) is 4.56. The maximum Gasteiger partial charge on any atom is 0.0682 e. The highest BCUT2D eigenvalue weighted by molar-refractivity contribution is 4.89. The largest absolute Gasteiger partial charge is 0.392 e. The van der Waals surface area contributed by atoms with E-state index in [4.69, 9.17) is 0 Å². The van der Waals surface area contributed by atoms with Gasteiger partial charge < -0.3 is 5.11 Å². The van der Waals surface area contributed by atoms with Crippen LogP contribution in [-0.2, 0) is 0 Å². The quantitative estimate of drug-likeness (QED) is 0.572. The van der Waals surface area contributed by atoms with Crippen molar-refractivity contribution >= 4 is 0 Å². The van der Waals surface area contributed by atoms with E-state index in [1.165, 1.54) is 0 Å². The Hall–Kier alpha value is -0.0800. The molecule has 1 aliphatic rings. The van der Waals surface area contributed by atoms with Crippen molar-refractivity contribution in [2.24, 2.45) is 0 Å². The van der Waals surface area contributed by atoms with Crippen molar-refractivity contribution in [3.05, 3.63) is 0 Å². The topological polar surface area (TPSA) is 23.5 Å². The fourth-order valence-corrected chi connectivity index (χ4v) is 1.94. The summed E-state index contributed by atoms with van der Waals surface area (Å²) >= 11 is 0. The summed E-state index contributed by atoms with van der Waals surface area (Å²) in [5, 5.41) is 9.39. The van der Waals surface area contributed by atoms with Crippen LogP contribution in [0.3, 0.4) is 0 Å². The van der Waals surface area contributed by atoms with E-state index in [-0.39, 0.29) is 11.6 Å². The summed E-state index contributed by atoms with van der Waals surface area (Å²) in [6, 6.07) is 0.532. The van der Waals surface area contributed by atoms with Crippen molar-refractivity contribution in [1.82, 2.24) is 4.90 Å². The average molecular weight is 157 g/mol. The molecule has 0 aromatic heterocycles. The first-order valence-electron chi connectivity index (χ1n) is 4.36. The van der Waals surface area contributed by atoms with Crippen molar-refractivity contribution in [2.75, 3.05) is 6.54 Å². The predicted molar refractivity (Wildman–Crippen MR) is 46.5 cm³/mol. The molecule has 66 valence electrons. The van der Waals surface area contributed by atoms with Gasteiger partial charge in [0, 0.05) is 18.1 Å². The van der Waals surface area contributed by atoms with Crippen LogP contribution in [0.25, 0.3) is 0 Å². The lowest BCUT2D eigenvalue weighted by Gasteiger charge is -2.35. The fraction of sp³-hybridized carbons (Fsp3) is 1.00. The lowest BCUT2D eigenvalue weighted by atomic mass is 10.1. The normalized spacial score (nSPS) is 34.6. The van der Waals surface area contributed by atoms with Gasteiger partial charge in [0.2, 0.25) is 0 Å². The summed E-state index contributed by atoms with van der Waals surface area (Å²) in [4.78, 5) is 2.36. The highest BCUT2D eigenvalue weighted by Gasteiger charge is 2.34. The van der Waals surface area contributed by atoms with Gasteiger partial charge in [0.25, 0.3) is 0 Å². The van der Waals surface area contributed by atoms with Gasteiger partial charge in [-0.3, -0.25) is 4.90 Å². The Balaban J connectivity index is 2.60. The minimum absolute atomic E-state index is 0.107. The van der Waals surface area contributed by atoms with Crippen molar-refractivity contribution in [1.29, 1.82) is 0 Å². The third-order valence-electron chi connectivity index (χ3n) is 2.41. The van der Waals surface area contributed by atoms with Gasteiger partial charge in [0.1, 0.15) is 0 Å². The molecule has 1 saturated heterocycles. The Morgan fingerprint density at radius 2 is 1.91 bits per heavy atom. The minimum Gasteiger partial charge on any atom is -0.392 e. The van der Waals surface area contributed by atoms with Crippen molar-refractivity contribution in [3.8, 4) is 0 Å². The molecule has 1 N–H and O–H groups in total. The highest BCUT2D eigenvalue weighted by atomic mass is 16.3. The molecule has 2 atom stereocenters. The van der Waals surface area contributed by atoms with E-state index in [0.29, 0.717) is 6.04 Å². The SMILES string of the molecule is C[C@H]1C[C@H](O)CN1C(C)(C)C. The van der Waals surface area contributed by atoms with E-state index in [2.05, 4.69) is 32.6 Å². The standard InChI is InChI=1S/C9H19NO/c1-7-5-8(11)6-10(7)9(2,3)4/h7-8,11H,5-6H2,1-4H3/t7-,8-/m0/s1. The van der Waals surface area contributed by atoms with Crippen LogP contribution in [0.4, 0.5) is 0 Å². The summed E-state index contributed by atoms with van der Waals surface area (Å²) in [5.41, 5.74) is 0.205. The zero-order valence-corrected chi connectivity index (χ0v) is 7.96. The Morgan fingerprint density at radius 1 is 1.36 bits per heavy atom. The number of likely N-dealkylation sites (tertiary alicyclic amines) is 1. The van der Waals surface area contributed by atoms with Gasteiger partial charge in [-0.25, -0.2) is 0 Å². The van der Waals surface area contributed by atoms with Crippen LogP contribution in [0.2, 0.25) is 0 Å². The molecular weight excluding hydrogens is 138 g/mol. The molecule has 0 aliphatic carbocycles. The van der Waals surface area contributed by atoms with Gasteiger partial charge >= 0.3 is 0 Å². The van der Waals surface area contributed by atoms with Gasteiger partial charge in [0.05, 0.1) is 6.10 Å². The van der Waals surface area contributed by atoms with Crippen LogP contribution in [-0.4, -0.2) is 34.2 Å². The third kappa shape index (κ3) is 1.94. The first-order chi connectivity index (χ1) is 4.91. The molecule has 2 nitrogen and oxygen atoms in total. The zero-order valence-electron chi connectivity index (χ0n) is 7.96. The predicted octanol–water partition coefficient (Wildman–Crippen LogP) is 1.24. The summed E-state index contributed by atoms with van der Waals surface area (Å²) < 4.78 is 0. The Labute approximate surface area is 69.2 Å². The Morgan fingerprint density at radius 3 is 2.09 bits per heavy atom. The number of nitrogens with zero attached hydrogens (tertiary/aromatic N) is 1. The number of rotatable bonds is 0. The van der Waals surface area contributed by atoms with Crippen LogP contribution >= 0.6 is 0 Å². The third-order valence-corrected chi connectivity index (χ3v) is 2.41. The number of aliphatic hydroxyl groups is 1. The van der Waals surface area contributed by atoms with E-state index in [1.807, 2.05) is 0 Å². The van der Waals surface area contributed by atoms with E-state index < -0.39 is 0 Å². The molecule has 1 fully saturated rings. The first-order valence-corrected chi connectivity index (χ1v) is 4.36. The molecule has 0 aromatic carbocycles. The molecule has 1 heterocycles. The zero-order chi connectivity index (χ0) is 8.65. The van der Waals surface area contributed by atoms with Gasteiger partial charge in [-0.2, -0.15) is 0 Å². The average Bonchev–Trinajstić information content (AvgIpc) is 2.08. The van der Waals surface area contributed by atoms with E-state index in [1.54, 1.807) is 0 Å². The van der Waals surface area contributed by atoms with Crippen LogP contribution < -0.4 is 0 Å². The molecule has 0 bridgehead atoms. The molecule has 11 heavy (non-hydrogen) atoms.